The monoisotopic (exact) mass is 289 g/mol. The Bertz CT molecular complexity index is 644. The van der Waals surface area contributed by atoms with Crippen LogP contribution in [0, 0.1) is 19.7 Å². The van der Waals surface area contributed by atoms with Gasteiger partial charge in [-0.2, -0.15) is 0 Å². The van der Waals surface area contributed by atoms with Crippen molar-refractivity contribution < 1.29 is 9.13 Å². The van der Waals surface area contributed by atoms with Gasteiger partial charge in [0.05, 0.1) is 12.8 Å². The summed E-state index contributed by atoms with van der Waals surface area (Å²) in [7, 11) is 1.45. The zero-order chi connectivity index (χ0) is 15.4. The Morgan fingerprint density at radius 1 is 1.24 bits per heavy atom. The van der Waals surface area contributed by atoms with Crippen molar-refractivity contribution >= 4 is 5.82 Å². The van der Waals surface area contributed by atoms with Crippen LogP contribution < -0.4 is 10.1 Å². The molecule has 2 aromatic rings. The Morgan fingerprint density at radius 3 is 2.62 bits per heavy atom. The first-order chi connectivity index (χ1) is 10.1. The van der Waals surface area contributed by atoms with Crippen LogP contribution in [-0.4, -0.2) is 23.6 Å². The molecule has 0 aliphatic heterocycles. The van der Waals surface area contributed by atoms with Crippen LogP contribution in [0.1, 0.15) is 24.7 Å². The number of aryl methyl sites for hydroxylation is 1. The number of hydrogen-bond donors (Lipinski definition) is 1. The van der Waals surface area contributed by atoms with Gasteiger partial charge in [0.25, 0.3) is 0 Å². The molecule has 0 saturated carbocycles. The van der Waals surface area contributed by atoms with Crippen molar-refractivity contribution in [3.05, 3.63) is 35.4 Å². The Balaban J connectivity index is 2.48. The lowest BCUT2D eigenvalue weighted by Crippen LogP contribution is -2.07. The van der Waals surface area contributed by atoms with Crippen molar-refractivity contribution in [3.8, 4) is 17.0 Å². The van der Waals surface area contributed by atoms with Gasteiger partial charge in [0.2, 0.25) is 0 Å². The van der Waals surface area contributed by atoms with E-state index in [2.05, 4.69) is 22.2 Å². The Kier molecular flexibility index (Phi) is 4.73. The fourth-order valence-electron chi connectivity index (χ4n) is 2.14. The molecule has 1 aromatic carbocycles. The number of hydrogen-bond acceptors (Lipinski definition) is 4. The molecule has 2 rings (SSSR count). The minimum absolute atomic E-state index is 0.228. The number of anilines is 1. The van der Waals surface area contributed by atoms with Gasteiger partial charge in [0.1, 0.15) is 11.6 Å². The van der Waals surface area contributed by atoms with E-state index >= 15 is 0 Å². The molecule has 0 aliphatic carbocycles. The number of benzene rings is 1. The van der Waals surface area contributed by atoms with E-state index in [0.717, 1.165) is 35.6 Å². The van der Waals surface area contributed by atoms with E-state index in [9.17, 15) is 4.39 Å². The van der Waals surface area contributed by atoms with Gasteiger partial charge in [-0.25, -0.2) is 14.4 Å². The Morgan fingerprint density at radius 2 is 2.00 bits per heavy atom. The van der Waals surface area contributed by atoms with Crippen LogP contribution in [0.25, 0.3) is 11.3 Å². The van der Waals surface area contributed by atoms with Crippen molar-refractivity contribution in [2.45, 2.75) is 27.2 Å². The minimum atomic E-state index is -0.395. The summed E-state index contributed by atoms with van der Waals surface area (Å²) in [5.74, 6) is 1.29. The third kappa shape index (κ3) is 3.29. The second-order valence-electron chi connectivity index (χ2n) is 4.87. The van der Waals surface area contributed by atoms with Crippen LogP contribution in [0.5, 0.6) is 5.75 Å². The third-order valence-electron chi connectivity index (χ3n) is 3.23. The summed E-state index contributed by atoms with van der Waals surface area (Å²) in [5, 5.41) is 3.28. The van der Waals surface area contributed by atoms with Crippen LogP contribution in [-0.2, 0) is 0 Å². The molecule has 1 N–H and O–H groups in total. The quantitative estimate of drug-likeness (QED) is 0.911. The summed E-state index contributed by atoms with van der Waals surface area (Å²) in [5.41, 5.74) is 2.37. The highest BCUT2D eigenvalue weighted by Gasteiger charge is 2.13. The summed E-state index contributed by atoms with van der Waals surface area (Å²) in [4.78, 5) is 8.86. The lowest BCUT2D eigenvalue weighted by molar-refractivity contribution is 0.386. The van der Waals surface area contributed by atoms with Gasteiger partial charge in [-0.1, -0.05) is 6.92 Å². The largest absolute Gasteiger partial charge is 0.494 e. The van der Waals surface area contributed by atoms with Crippen molar-refractivity contribution in [2.75, 3.05) is 19.0 Å². The van der Waals surface area contributed by atoms with Gasteiger partial charge in [0.15, 0.2) is 11.6 Å². The molecule has 0 saturated heterocycles. The van der Waals surface area contributed by atoms with Crippen LogP contribution in [0.4, 0.5) is 10.2 Å². The van der Waals surface area contributed by atoms with Gasteiger partial charge in [-0.05, 0) is 38.5 Å². The summed E-state index contributed by atoms with van der Waals surface area (Å²) in [6, 6.07) is 4.86. The fourth-order valence-corrected chi connectivity index (χ4v) is 2.14. The zero-order valence-corrected chi connectivity index (χ0v) is 12.8. The number of halogens is 1. The molecule has 21 heavy (non-hydrogen) atoms. The number of nitrogens with zero attached hydrogens (tertiary/aromatic N) is 2. The molecule has 5 heteroatoms. The maximum Gasteiger partial charge on any atom is 0.165 e. The molecule has 1 aromatic heterocycles. The SMILES string of the molecule is CCCNc1nc(C)nc(-c2ccc(OC)c(F)c2)c1C. The van der Waals surface area contributed by atoms with E-state index in [1.807, 2.05) is 13.8 Å². The van der Waals surface area contributed by atoms with Crippen LogP contribution in [0.3, 0.4) is 0 Å². The Hall–Kier alpha value is -2.17. The van der Waals surface area contributed by atoms with E-state index in [1.54, 1.807) is 12.1 Å². The van der Waals surface area contributed by atoms with Gasteiger partial charge < -0.3 is 10.1 Å². The topological polar surface area (TPSA) is 47.0 Å². The van der Waals surface area contributed by atoms with Crippen LogP contribution >= 0.6 is 0 Å². The van der Waals surface area contributed by atoms with Crippen molar-refractivity contribution in [3.63, 3.8) is 0 Å². The number of rotatable bonds is 5. The molecular weight excluding hydrogens is 269 g/mol. The Labute approximate surface area is 124 Å². The lowest BCUT2D eigenvalue weighted by atomic mass is 10.1. The zero-order valence-electron chi connectivity index (χ0n) is 12.8. The summed E-state index contributed by atoms with van der Waals surface area (Å²) in [6.45, 7) is 6.71. The second kappa shape index (κ2) is 6.52. The summed E-state index contributed by atoms with van der Waals surface area (Å²) < 4.78 is 18.8. The van der Waals surface area contributed by atoms with Crippen LogP contribution in [0.15, 0.2) is 18.2 Å². The maximum atomic E-state index is 13.9. The standard InChI is InChI=1S/C16H20FN3O/c1-5-8-18-16-10(2)15(19-11(3)20-16)12-6-7-14(21-4)13(17)9-12/h6-7,9H,5,8H2,1-4H3,(H,18,19,20). The lowest BCUT2D eigenvalue weighted by Gasteiger charge is -2.13. The summed E-state index contributed by atoms with van der Waals surface area (Å²) >= 11 is 0. The molecule has 0 bridgehead atoms. The second-order valence-corrected chi connectivity index (χ2v) is 4.87. The first-order valence-electron chi connectivity index (χ1n) is 6.99. The molecule has 1 heterocycles. The number of ether oxygens (including phenoxy) is 1. The van der Waals surface area contributed by atoms with Gasteiger partial charge in [-0.3, -0.25) is 0 Å². The van der Waals surface area contributed by atoms with Gasteiger partial charge in [-0.15, -0.1) is 0 Å². The average Bonchev–Trinajstić information content (AvgIpc) is 2.47. The molecule has 0 unspecified atom stereocenters. The molecule has 4 nitrogen and oxygen atoms in total. The molecule has 112 valence electrons. The first kappa shape index (κ1) is 15.2. The molecule has 0 atom stereocenters. The van der Waals surface area contributed by atoms with E-state index in [4.69, 9.17) is 4.74 Å². The highest BCUT2D eigenvalue weighted by molar-refractivity contribution is 5.68. The average molecular weight is 289 g/mol. The number of nitrogens with one attached hydrogen (secondary N) is 1. The number of methoxy groups -OCH3 is 1. The maximum absolute atomic E-state index is 13.9. The highest BCUT2D eigenvalue weighted by atomic mass is 19.1. The highest BCUT2D eigenvalue weighted by Crippen LogP contribution is 2.29. The van der Waals surface area contributed by atoms with E-state index in [1.165, 1.54) is 13.2 Å². The molecule has 0 amide bonds. The molecule has 0 aliphatic rings. The van der Waals surface area contributed by atoms with Crippen LogP contribution in [0.2, 0.25) is 0 Å². The fraction of sp³-hybridized carbons (Fsp3) is 0.375. The van der Waals surface area contributed by atoms with Crippen molar-refractivity contribution in [1.82, 2.24) is 9.97 Å². The normalized spacial score (nSPS) is 10.5. The van der Waals surface area contributed by atoms with Gasteiger partial charge >= 0.3 is 0 Å². The molecular formula is C16H20FN3O. The van der Waals surface area contributed by atoms with Gasteiger partial charge in [0, 0.05) is 17.7 Å². The molecule has 0 fully saturated rings. The van der Waals surface area contributed by atoms with E-state index in [0.29, 0.717) is 5.82 Å². The minimum Gasteiger partial charge on any atom is -0.494 e. The molecule has 0 spiro atoms. The third-order valence-corrected chi connectivity index (χ3v) is 3.23. The first-order valence-corrected chi connectivity index (χ1v) is 6.99. The predicted octanol–water partition coefficient (Wildman–Crippen LogP) is 3.73. The predicted molar refractivity (Wildman–Crippen MR) is 82.2 cm³/mol. The van der Waals surface area contributed by atoms with E-state index in [-0.39, 0.29) is 5.75 Å². The van der Waals surface area contributed by atoms with Crippen molar-refractivity contribution in [2.24, 2.45) is 0 Å². The number of aromatic nitrogens is 2. The summed E-state index contributed by atoms with van der Waals surface area (Å²) in [6.07, 6.45) is 1.01. The van der Waals surface area contributed by atoms with E-state index < -0.39 is 5.82 Å². The molecule has 0 radical (unpaired) electrons. The smallest absolute Gasteiger partial charge is 0.165 e. The van der Waals surface area contributed by atoms with Crippen molar-refractivity contribution in [1.29, 1.82) is 0 Å².